The minimum Gasteiger partial charge on any atom is -0.508 e. The summed E-state index contributed by atoms with van der Waals surface area (Å²) in [6.45, 7) is 3.99. The first kappa shape index (κ1) is 32.4. The van der Waals surface area contributed by atoms with Crippen molar-refractivity contribution in [3.05, 3.63) is 46.6 Å². The summed E-state index contributed by atoms with van der Waals surface area (Å²) in [5, 5.41) is 91.8. The molecule has 1 aliphatic rings. The third-order valence-electron chi connectivity index (χ3n) is 7.45. The van der Waals surface area contributed by atoms with E-state index in [4.69, 9.17) is 18.6 Å². The molecule has 1 aromatic heterocycles. The molecule has 1 fully saturated rings. The maximum Gasteiger partial charge on any atom is 0.239 e. The van der Waals surface area contributed by atoms with Gasteiger partial charge in [0.2, 0.25) is 11.2 Å². The van der Waals surface area contributed by atoms with E-state index < -0.39 is 78.0 Å². The maximum absolute atomic E-state index is 13.5. The Morgan fingerprint density at radius 3 is 2.16 bits per heavy atom. The van der Waals surface area contributed by atoms with E-state index in [1.165, 1.54) is 45.0 Å². The van der Waals surface area contributed by atoms with E-state index >= 15 is 0 Å². The first-order chi connectivity index (χ1) is 20.2. The number of aromatic hydroxyl groups is 3. The van der Waals surface area contributed by atoms with Crippen molar-refractivity contribution in [3.8, 4) is 34.3 Å². The lowest BCUT2D eigenvalue weighted by Gasteiger charge is -2.39. The number of fused-ring (bicyclic) bond motifs is 1. The second-order valence-corrected chi connectivity index (χ2v) is 10.8. The fraction of sp³-hybridized carbons (Fsp3) is 0.483. The molecule has 236 valence electrons. The van der Waals surface area contributed by atoms with Crippen molar-refractivity contribution < 1.29 is 64.6 Å². The van der Waals surface area contributed by atoms with E-state index in [0.717, 1.165) is 12.1 Å². The summed E-state index contributed by atoms with van der Waals surface area (Å²) in [5.41, 5.74) is -0.758. The van der Waals surface area contributed by atoms with Crippen LogP contribution in [-0.2, 0) is 9.47 Å². The molecule has 1 aliphatic heterocycles. The van der Waals surface area contributed by atoms with Crippen LogP contribution in [0, 0.1) is 5.92 Å². The van der Waals surface area contributed by atoms with Gasteiger partial charge in [-0.2, -0.15) is 0 Å². The topological polar surface area (TPSA) is 240 Å². The number of benzene rings is 2. The summed E-state index contributed by atoms with van der Waals surface area (Å²) in [6.07, 6.45) is -13.1. The third kappa shape index (κ3) is 6.71. The van der Waals surface area contributed by atoms with Crippen molar-refractivity contribution in [3.63, 3.8) is 0 Å². The highest BCUT2D eigenvalue weighted by molar-refractivity contribution is 5.88. The molecule has 0 amide bonds. The Labute approximate surface area is 245 Å². The molecule has 14 heteroatoms. The molecule has 0 radical (unpaired) electrons. The number of phenolic OH excluding ortho intramolecular Hbond substituents is 3. The Bertz CT molecular complexity index is 1460. The molecule has 43 heavy (non-hydrogen) atoms. The molecule has 9 N–H and O–H groups in total. The zero-order valence-electron chi connectivity index (χ0n) is 23.5. The van der Waals surface area contributed by atoms with E-state index in [2.05, 4.69) is 0 Å². The van der Waals surface area contributed by atoms with Crippen molar-refractivity contribution in [2.75, 3.05) is 6.61 Å². The summed E-state index contributed by atoms with van der Waals surface area (Å²) >= 11 is 0. The van der Waals surface area contributed by atoms with Crippen LogP contribution in [-0.4, -0.2) is 108 Å². The number of phenols is 3. The van der Waals surface area contributed by atoms with Gasteiger partial charge >= 0.3 is 0 Å². The van der Waals surface area contributed by atoms with Crippen LogP contribution in [0.25, 0.3) is 22.3 Å². The quantitative estimate of drug-likeness (QED) is 0.146. The molecular weight excluding hydrogens is 572 g/mol. The lowest BCUT2D eigenvalue weighted by Crippen LogP contribution is -2.57. The van der Waals surface area contributed by atoms with Crippen LogP contribution < -0.4 is 10.2 Å². The zero-order chi connectivity index (χ0) is 31.7. The normalized spacial score (nSPS) is 26.0. The number of hydrogen-bond donors (Lipinski definition) is 9. The first-order valence-corrected chi connectivity index (χ1v) is 13.6. The SMILES string of the molecule is CC(COC1OC(C)C(O)C(O)C1O)C(O)C(O)C(O)C(C)Oc1c(-c2ccc(O)cc2)oc2cc(O)cc(O)c2c1=O. The summed E-state index contributed by atoms with van der Waals surface area (Å²) in [7, 11) is 0. The van der Waals surface area contributed by atoms with Crippen molar-refractivity contribution in [1.29, 1.82) is 0 Å². The van der Waals surface area contributed by atoms with Gasteiger partial charge < -0.3 is 64.6 Å². The van der Waals surface area contributed by atoms with E-state index in [-0.39, 0.29) is 40.4 Å². The fourth-order valence-corrected chi connectivity index (χ4v) is 4.75. The summed E-state index contributed by atoms with van der Waals surface area (Å²) in [4.78, 5) is 13.5. The Morgan fingerprint density at radius 1 is 0.860 bits per heavy atom. The number of aliphatic hydroxyl groups excluding tert-OH is 6. The van der Waals surface area contributed by atoms with Gasteiger partial charge in [-0.3, -0.25) is 4.79 Å². The Hall–Kier alpha value is -3.47. The number of rotatable bonds is 10. The van der Waals surface area contributed by atoms with Crippen LogP contribution in [0.1, 0.15) is 20.8 Å². The zero-order valence-corrected chi connectivity index (χ0v) is 23.5. The molecular formula is C29H36O14. The van der Waals surface area contributed by atoms with Crippen molar-refractivity contribution in [2.24, 2.45) is 5.92 Å². The van der Waals surface area contributed by atoms with Crippen LogP contribution in [0.4, 0.5) is 0 Å². The summed E-state index contributed by atoms with van der Waals surface area (Å²) < 4.78 is 22.4. The molecule has 0 bridgehead atoms. The van der Waals surface area contributed by atoms with Gasteiger partial charge in [0.15, 0.2) is 12.1 Å². The molecule has 4 rings (SSSR count). The van der Waals surface area contributed by atoms with Gasteiger partial charge in [-0.15, -0.1) is 0 Å². The lowest BCUT2D eigenvalue weighted by atomic mass is 9.94. The van der Waals surface area contributed by atoms with E-state index in [9.17, 15) is 50.8 Å². The van der Waals surface area contributed by atoms with Crippen LogP contribution >= 0.6 is 0 Å². The van der Waals surface area contributed by atoms with Gasteiger partial charge in [0.05, 0.1) is 18.8 Å². The number of ether oxygens (including phenoxy) is 3. The Morgan fingerprint density at radius 2 is 1.51 bits per heavy atom. The van der Waals surface area contributed by atoms with E-state index in [0.29, 0.717) is 0 Å². The van der Waals surface area contributed by atoms with Crippen LogP contribution in [0.3, 0.4) is 0 Å². The lowest BCUT2D eigenvalue weighted by molar-refractivity contribution is -0.297. The van der Waals surface area contributed by atoms with E-state index in [1.807, 2.05) is 0 Å². The molecule has 10 atom stereocenters. The Kier molecular flexibility index (Phi) is 9.83. The summed E-state index contributed by atoms with van der Waals surface area (Å²) in [5.74, 6) is -2.50. The summed E-state index contributed by atoms with van der Waals surface area (Å²) in [6, 6.07) is 7.55. The number of hydrogen-bond acceptors (Lipinski definition) is 14. The minimum absolute atomic E-state index is 0.0727. The fourth-order valence-electron chi connectivity index (χ4n) is 4.75. The average Bonchev–Trinajstić information content (AvgIpc) is 2.97. The highest BCUT2D eigenvalue weighted by Crippen LogP contribution is 2.37. The van der Waals surface area contributed by atoms with Gasteiger partial charge in [0, 0.05) is 23.6 Å². The maximum atomic E-state index is 13.5. The Balaban J connectivity index is 1.53. The van der Waals surface area contributed by atoms with E-state index in [1.54, 1.807) is 0 Å². The molecule has 10 unspecified atom stereocenters. The van der Waals surface area contributed by atoms with Crippen LogP contribution in [0.2, 0.25) is 0 Å². The molecule has 0 aliphatic carbocycles. The predicted octanol–water partition coefficient (Wildman–Crippen LogP) is -0.0930. The number of aliphatic hydroxyl groups is 6. The molecule has 0 spiro atoms. The minimum atomic E-state index is -1.83. The van der Waals surface area contributed by atoms with Gasteiger partial charge in [-0.05, 0) is 38.1 Å². The molecule has 2 aromatic carbocycles. The van der Waals surface area contributed by atoms with Gasteiger partial charge in [0.25, 0.3) is 0 Å². The average molecular weight is 609 g/mol. The van der Waals surface area contributed by atoms with Crippen molar-refractivity contribution in [2.45, 2.75) is 75.9 Å². The van der Waals surface area contributed by atoms with Gasteiger partial charge in [-0.1, -0.05) is 6.92 Å². The van der Waals surface area contributed by atoms with Gasteiger partial charge in [0.1, 0.15) is 64.8 Å². The van der Waals surface area contributed by atoms with Gasteiger partial charge in [-0.25, -0.2) is 0 Å². The molecule has 2 heterocycles. The first-order valence-electron chi connectivity index (χ1n) is 13.6. The molecule has 3 aromatic rings. The smallest absolute Gasteiger partial charge is 0.239 e. The molecule has 0 saturated carbocycles. The largest absolute Gasteiger partial charge is 0.508 e. The molecule has 14 nitrogen and oxygen atoms in total. The highest BCUT2D eigenvalue weighted by atomic mass is 16.7. The second-order valence-electron chi connectivity index (χ2n) is 10.8. The predicted molar refractivity (Wildman–Crippen MR) is 148 cm³/mol. The second kappa shape index (κ2) is 13.0. The van der Waals surface area contributed by atoms with Crippen molar-refractivity contribution in [1.82, 2.24) is 0 Å². The standard InChI is InChI=1S/C29H36O14/c1-11(10-40-29-26(39)25(38)22(35)13(3)42-29)20(33)24(37)21(34)12(2)41-28-23(36)19-17(32)8-16(31)9-18(19)43-27(28)14-4-6-15(30)7-5-14/h4-9,11-13,20-22,24-26,29-35,37-39H,10H2,1-3H3. The monoisotopic (exact) mass is 608 g/mol. The van der Waals surface area contributed by atoms with Crippen LogP contribution in [0.5, 0.6) is 23.0 Å². The highest BCUT2D eigenvalue weighted by Gasteiger charge is 2.43. The molecule has 1 saturated heterocycles. The van der Waals surface area contributed by atoms with Crippen molar-refractivity contribution >= 4 is 11.0 Å². The van der Waals surface area contributed by atoms with Crippen LogP contribution in [0.15, 0.2) is 45.6 Å². The third-order valence-corrected chi connectivity index (χ3v) is 7.45.